The van der Waals surface area contributed by atoms with Crippen molar-refractivity contribution in [1.29, 1.82) is 5.26 Å². The van der Waals surface area contributed by atoms with Crippen molar-refractivity contribution >= 4 is 23.1 Å². The zero-order valence-electron chi connectivity index (χ0n) is 11.7. The lowest BCUT2D eigenvalue weighted by Gasteiger charge is -2.24. The first-order valence-corrected chi connectivity index (χ1v) is 9.02. The maximum atomic E-state index is 9.39. The van der Waals surface area contributed by atoms with Crippen LogP contribution in [0.15, 0.2) is 27.2 Å². The van der Waals surface area contributed by atoms with Crippen molar-refractivity contribution in [3.8, 4) is 6.07 Å². The number of thioether (sulfide) groups is 1. The number of nitriles is 1. The number of hydrogen-bond donors (Lipinski definition) is 0. The van der Waals surface area contributed by atoms with Crippen molar-refractivity contribution in [2.75, 3.05) is 0 Å². The molecule has 1 aliphatic rings. The fourth-order valence-corrected chi connectivity index (χ4v) is 4.36. The predicted molar refractivity (Wildman–Crippen MR) is 83.3 cm³/mol. The van der Waals surface area contributed by atoms with Gasteiger partial charge >= 0.3 is 0 Å². The molecule has 4 nitrogen and oxygen atoms in total. The van der Waals surface area contributed by atoms with Crippen LogP contribution in [0.3, 0.4) is 0 Å². The third-order valence-electron chi connectivity index (χ3n) is 3.79. The van der Waals surface area contributed by atoms with Gasteiger partial charge in [0.05, 0.1) is 12.5 Å². The normalized spacial score (nSPS) is 17.5. The highest BCUT2D eigenvalue weighted by molar-refractivity contribution is 7.99. The third kappa shape index (κ3) is 3.86. The van der Waals surface area contributed by atoms with Gasteiger partial charge in [0.2, 0.25) is 5.89 Å². The lowest BCUT2D eigenvalue weighted by atomic mass is 9.87. The zero-order chi connectivity index (χ0) is 14.5. The molecule has 1 fully saturated rings. The summed E-state index contributed by atoms with van der Waals surface area (Å²) in [6.45, 7) is 0. The highest BCUT2D eigenvalue weighted by Gasteiger charge is 2.26. The van der Waals surface area contributed by atoms with Crippen LogP contribution in [0, 0.1) is 17.2 Å². The summed E-state index contributed by atoms with van der Waals surface area (Å²) < 4.78 is 5.68. The molecule has 0 bridgehead atoms. The molecule has 1 aliphatic carbocycles. The molecular formula is C15H17N3OS2. The van der Waals surface area contributed by atoms with Crippen LogP contribution in [0.5, 0.6) is 0 Å². The van der Waals surface area contributed by atoms with Crippen molar-refractivity contribution in [3.63, 3.8) is 0 Å². The monoisotopic (exact) mass is 319 g/mol. The van der Waals surface area contributed by atoms with Gasteiger partial charge in [-0.3, -0.25) is 0 Å². The van der Waals surface area contributed by atoms with Gasteiger partial charge in [-0.25, -0.2) is 0 Å². The molecule has 3 rings (SSSR count). The van der Waals surface area contributed by atoms with E-state index in [0.717, 1.165) is 12.8 Å². The van der Waals surface area contributed by atoms with E-state index in [1.807, 2.05) is 11.4 Å². The molecule has 0 aromatic carbocycles. The predicted octanol–water partition coefficient (Wildman–Crippen LogP) is 4.29. The van der Waals surface area contributed by atoms with Gasteiger partial charge in [0.1, 0.15) is 5.25 Å². The summed E-state index contributed by atoms with van der Waals surface area (Å²) in [6, 6.07) is 6.48. The Morgan fingerprint density at radius 2 is 2.24 bits per heavy atom. The van der Waals surface area contributed by atoms with Crippen LogP contribution < -0.4 is 0 Å². The minimum Gasteiger partial charge on any atom is -0.416 e. The van der Waals surface area contributed by atoms with E-state index in [-0.39, 0.29) is 5.25 Å². The summed E-state index contributed by atoms with van der Waals surface area (Å²) in [6.07, 6.45) is 6.72. The van der Waals surface area contributed by atoms with Crippen molar-refractivity contribution in [2.24, 2.45) is 5.92 Å². The molecular weight excluding hydrogens is 302 g/mol. The Labute approximate surface area is 132 Å². The van der Waals surface area contributed by atoms with E-state index >= 15 is 0 Å². The molecule has 0 N–H and O–H groups in total. The van der Waals surface area contributed by atoms with Crippen LogP contribution in [0.4, 0.5) is 0 Å². The fraction of sp³-hybridized carbons (Fsp3) is 0.533. The molecule has 2 heterocycles. The number of thiophene rings is 1. The first-order chi connectivity index (χ1) is 10.3. The molecule has 0 aliphatic heterocycles. The van der Waals surface area contributed by atoms with E-state index < -0.39 is 0 Å². The Balaban J connectivity index is 1.61. The molecule has 1 saturated carbocycles. The molecule has 0 spiro atoms. The molecule has 6 heteroatoms. The second-order valence-corrected chi connectivity index (χ2v) is 7.41. The summed E-state index contributed by atoms with van der Waals surface area (Å²) in [5, 5.41) is 20.1. The summed E-state index contributed by atoms with van der Waals surface area (Å²) in [7, 11) is 0. The number of nitrogens with zero attached hydrogens (tertiary/aromatic N) is 3. The molecule has 0 radical (unpaired) electrons. The third-order valence-corrected chi connectivity index (χ3v) is 5.77. The van der Waals surface area contributed by atoms with E-state index in [4.69, 9.17) is 4.42 Å². The summed E-state index contributed by atoms with van der Waals surface area (Å²) in [5.41, 5.74) is 0. The average molecular weight is 319 g/mol. The molecule has 0 saturated heterocycles. The van der Waals surface area contributed by atoms with Gasteiger partial charge in [-0.1, -0.05) is 25.3 Å². The minimum absolute atomic E-state index is 0.0691. The Morgan fingerprint density at radius 1 is 1.38 bits per heavy atom. The standard InChI is InChI=1S/C15H17N3OS2/c16-10-13(11-5-2-1-3-6-11)21-15-18-17-14(19-15)9-12-7-4-8-20-12/h4,7-8,11,13H,1-3,5-6,9H2/t13-/m1/s1. The van der Waals surface area contributed by atoms with Crippen LogP contribution in [-0.2, 0) is 6.42 Å². The Bertz CT molecular complexity index is 597. The van der Waals surface area contributed by atoms with Gasteiger partial charge in [0, 0.05) is 4.88 Å². The number of aromatic nitrogens is 2. The first kappa shape index (κ1) is 14.6. The Kier molecular flexibility index (Phi) is 4.94. The molecule has 110 valence electrons. The topological polar surface area (TPSA) is 62.7 Å². The quantitative estimate of drug-likeness (QED) is 0.769. The SMILES string of the molecule is N#C[C@@H](Sc1nnc(Cc2cccs2)o1)C1CCCCC1. The van der Waals surface area contributed by atoms with Crippen LogP contribution >= 0.6 is 23.1 Å². The van der Waals surface area contributed by atoms with Gasteiger partial charge in [-0.15, -0.1) is 21.5 Å². The molecule has 0 unspecified atom stereocenters. The van der Waals surface area contributed by atoms with E-state index in [9.17, 15) is 5.26 Å². The van der Waals surface area contributed by atoms with Gasteiger partial charge in [0.15, 0.2) is 0 Å². The van der Waals surface area contributed by atoms with E-state index in [2.05, 4.69) is 22.3 Å². The maximum Gasteiger partial charge on any atom is 0.277 e. The van der Waals surface area contributed by atoms with E-state index in [0.29, 0.717) is 23.5 Å². The summed E-state index contributed by atoms with van der Waals surface area (Å²) in [4.78, 5) is 1.21. The molecule has 21 heavy (non-hydrogen) atoms. The van der Waals surface area contributed by atoms with Gasteiger partial charge < -0.3 is 4.42 Å². The van der Waals surface area contributed by atoms with Crippen molar-refractivity contribution in [1.82, 2.24) is 10.2 Å². The summed E-state index contributed by atoms with van der Waals surface area (Å²) >= 11 is 3.11. The number of rotatable bonds is 5. The Hall–Kier alpha value is -1.32. The fourth-order valence-electron chi connectivity index (χ4n) is 2.69. The highest BCUT2D eigenvalue weighted by Crippen LogP contribution is 2.35. The molecule has 2 aromatic heterocycles. The largest absolute Gasteiger partial charge is 0.416 e. The summed E-state index contributed by atoms with van der Waals surface area (Å²) in [5.74, 6) is 1.08. The maximum absolute atomic E-state index is 9.39. The van der Waals surface area contributed by atoms with E-state index in [1.54, 1.807) is 11.3 Å². The van der Waals surface area contributed by atoms with E-state index in [1.165, 1.54) is 35.9 Å². The van der Waals surface area contributed by atoms with Crippen LogP contribution in [-0.4, -0.2) is 15.4 Å². The Morgan fingerprint density at radius 3 is 2.95 bits per heavy atom. The molecule has 0 amide bonds. The van der Waals surface area contributed by atoms with Crippen LogP contribution in [0.2, 0.25) is 0 Å². The van der Waals surface area contributed by atoms with Crippen molar-refractivity contribution in [2.45, 2.75) is 49.0 Å². The first-order valence-electron chi connectivity index (χ1n) is 7.26. The van der Waals surface area contributed by atoms with Gasteiger partial charge in [-0.05, 0) is 42.0 Å². The molecule has 2 aromatic rings. The smallest absolute Gasteiger partial charge is 0.277 e. The number of hydrogen-bond acceptors (Lipinski definition) is 6. The van der Waals surface area contributed by atoms with Crippen LogP contribution in [0.1, 0.15) is 42.9 Å². The lowest BCUT2D eigenvalue weighted by molar-refractivity contribution is 0.366. The van der Waals surface area contributed by atoms with Crippen molar-refractivity contribution < 1.29 is 4.42 Å². The minimum atomic E-state index is -0.0691. The lowest BCUT2D eigenvalue weighted by Crippen LogP contribution is -2.18. The highest BCUT2D eigenvalue weighted by atomic mass is 32.2. The second-order valence-electron chi connectivity index (χ2n) is 5.28. The van der Waals surface area contributed by atoms with Gasteiger partial charge in [0.25, 0.3) is 5.22 Å². The van der Waals surface area contributed by atoms with Crippen LogP contribution in [0.25, 0.3) is 0 Å². The second kappa shape index (κ2) is 7.10. The van der Waals surface area contributed by atoms with Gasteiger partial charge in [-0.2, -0.15) is 5.26 Å². The average Bonchev–Trinajstić information content (AvgIpc) is 3.18. The molecule has 1 atom stereocenters. The van der Waals surface area contributed by atoms with Crippen molar-refractivity contribution in [3.05, 3.63) is 28.3 Å². The zero-order valence-corrected chi connectivity index (χ0v) is 13.3.